The number of benzene rings is 1. The number of para-hydroxylation sites is 1. The van der Waals surface area contributed by atoms with Crippen LogP contribution in [0.1, 0.15) is 12.2 Å². The van der Waals surface area contributed by atoms with Gasteiger partial charge in [-0.25, -0.2) is 8.78 Å². The Morgan fingerprint density at radius 2 is 1.96 bits per heavy atom. The van der Waals surface area contributed by atoms with E-state index in [-0.39, 0.29) is 25.4 Å². The number of likely N-dealkylation sites (tertiary alicyclic amines) is 1. The van der Waals surface area contributed by atoms with Gasteiger partial charge in [-0.3, -0.25) is 14.4 Å². The zero-order valence-corrected chi connectivity index (χ0v) is 14.1. The molecule has 7 nitrogen and oxygen atoms in total. The van der Waals surface area contributed by atoms with Gasteiger partial charge in [-0.1, -0.05) is 6.07 Å². The second-order valence-electron chi connectivity index (χ2n) is 6.01. The summed E-state index contributed by atoms with van der Waals surface area (Å²) in [5, 5.41) is 2.02. The Labute approximate surface area is 152 Å². The summed E-state index contributed by atoms with van der Waals surface area (Å²) in [5.41, 5.74) is -0.612. The number of carbonyl (C=O) groups is 3. The summed E-state index contributed by atoms with van der Waals surface area (Å²) in [5.74, 6) is -3.85. The number of furan rings is 1. The number of ether oxygens (including phenoxy) is 1. The molecule has 0 saturated carbocycles. The minimum Gasteiger partial charge on any atom is -0.467 e. The van der Waals surface area contributed by atoms with E-state index in [1.807, 2.05) is 5.32 Å². The van der Waals surface area contributed by atoms with E-state index in [0.717, 1.165) is 18.2 Å². The van der Waals surface area contributed by atoms with Gasteiger partial charge in [0.05, 0.1) is 18.7 Å². The first-order valence-corrected chi connectivity index (χ1v) is 8.14. The second-order valence-corrected chi connectivity index (χ2v) is 6.01. The second kappa shape index (κ2) is 7.98. The molecular formula is C18H16F2N2O5. The zero-order valence-electron chi connectivity index (χ0n) is 14.1. The van der Waals surface area contributed by atoms with E-state index in [1.165, 1.54) is 11.2 Å². The lowest BCUT2D eigenvalue weighted by molar-refractivity contribution is -0.151. The fraction of sp³-hybridized carbons (Fsp3) is 0.278. The highest BCUT2D eigenvalue weighted by Gasteiger charge is 2.35. The first-order chi connectivity index (χ1) is 12.9. The van der Waals surface area contributed by atoms with Crippen molar-refractivity contribution in [3.05, 3.63) is 54.0 Å². The van der Waals surface area contributed by atoms with Crippen molar-refractivity contribution in [3.63, 3.8) is 0 Å². The number of hydrogen-bond acceptors (Lipinski definition) is 5. The highest BCUT2D eigenvalue weighted by molar-refractivity contribution is 5.93. The van der Waals surface area contributed by atoms with E-state index in [9.17, 15) is 23.2 Å². The average molecular weight is 378 g/mol. The zero-order chi connectivity index (χ0) is 19.4. The fourth-order valence-corrected chi connectivity index (χ4v) is 2.72. The number of nitrogens with one attached hydrogen (secondary N) is 1. The Hall–Kier alpha value is -3.23. The Balaban J connectivity index is 1.49. The Morgan fingerprint density at radius 3 is 2.63 bits per heavy atom. The van der Waals surface area contributed by atoms with Crippen LogP contribution in [0.2, 0.25) is 0 Å². The molecule has 1 aromatic carbocycles. The molecule has 1 aliphatic heterocycles. The Kier molecular flexibility index (Phi) is 5.49. The van der Waals surface area contributed by atoms with Crippen molar-refractivity contribution >= 4 is 23.5 Å². The maximum atomic E-state index is 13.5. The predicted molar refractivity (Wildman–Crippen MR) is 88.2 cm³/mol. The number of amides is 2. The van der Waals surface area contributed by atoms with Gasteiger partial charge in [-0.2, -0.15) is 0 Å². The maximum absolute atomic E-state index is 13.5. The molecule has 0 unspecified atom stereocenters. The smallest absolute Gasteiger partial charge is 0.311 e. The van der Waals surface area contributed by atoms with Crippen molar-refractivity contribution in [1.29, 1.82) is 0 Å². The van der Waals surface area contributed by atoms with Gasteiger partial charge in [0.25, 0.3) is 5.91 Å². The molecule has 1 fully saturated rings. The van der Waals surface area contributed by atoms with E-state index in [1.54, 1.807) is 12.1 Å². The van der Waals surface area contributed by atoms with Crippen LogP contribution < -0.4 is 5.32 Å². The summed E-state index contributed by atoms with van der Waals surface area (Å²) in [4.78, 5) is 37.3. The summed E-state index contributed by atoms with van der Waals surface area (Å²) in [6, 6.07) is 6.54. The Morgan fingerprint density at radius 1 is 1.22 bits per heavy atom. The molecule has 0 aliphatic carbocycles. The molecule has 27 heavy (non-hydrogen) atoms. The van der Waals surface area contributed by atoms with Crippen LogP contribution in [0.15, 0.2) is 41.0 Å². The van der Waals surface area contributed by atoms with Gasteiger partial charge in [0.1, 0.15) is 23.1 Å². The summed E-state index contributed by atoms with van der Waals surface area (Å²) in [7, 11) is 0. The predicted octanol–water partition coefficient (Wildman–Crippen LogP) is 2.09. The summed E-state index contributed by atoms with van der Waals surface area (Å²) < 4.78 is 37.0. The molecular weight excluding hydrogens is 362 g/mol. The molecule has 142 valence electrons. The van der Waals surface area contributed by atoms with E-state index in [2.05, 4.69) is 0 Å². The van der Waals surface area contributed by atoms with Gasteiger partial charge in [-0.15, -0.1) is 0 Å². The monoisotopic (exact) mass is 378 g/mol. The van der Waals surface area contributed by atoms with Gasteiger partial charge >= 0.3 is 5.97 Å². The topological polar surface area (TPSA) is 88.9 Å². The summed E-state index contributed by atoms with van der Waals surface area (Å²) in [6.45, 7) is -0.333. The van der Waals surface area contributed by atoms with Crippen LogP contribution in [0, 0.1) is 17.6 Å². The minimum atomic E-state index is -0.940. The van der Waals surface area contributed by atoms with Gasteiger partial charge in [0.2, 0.25) is 5.91 Å². The van der Waals surface area contributed by atoms with Crippen molar-refractivity contribution in [2.75, 3.05) is 18.5 Å². The lowest BCUT2D eigenvalue weighted by atomic mass is 10.1. The van der Waals surface area contributed by atoms with Crippen LogP contribution in [-0.4, -0.2) is 35.8 Å². The third-order valence-electron chi connectivity index (χ3n) is 4.05. The van der Waals surface area contributed by atoms with E-state index in [0.29, 0.717) is 5.76 Å². The highest BCUT2D eigenvalue weighted by atomic mass is 19.1. The third-order valence-corrected chi connectivity index (χ3v) is 4.05. The quantitative estimate of drug-likeness (QED) is 0.778. The van der Waals surface area contributed by atoms with Crippen LogP contribution in [0.3, 0.4) is 0 Å². The van der Waals surface area contributed by atoms with Crippen molar-refractivity contribution in [3.8, 4) is 0 Å². The standard InChI is InChI=1S/C18H16F2N2O5/c19-13-4-1-5-14(20)17(13)21-15(23)10-27-18(25)11-7-16(24)22(8-11)9-12-3-2-6-26-12/h1-6,11H,7-10H2,(H,21,23)/t11-/m1/s1. The summed E-state index contributed by atoms with van der Waals surface area (Å²) >= 11 is 0. The molecule has 0 spiro atoms. The van der Waals surface area contributed by atoms with Crippen LogP contribution in [-0.2, 0) is 25.7 Å². The third kappa shape index (κ3) is 4.49. The number of carbonyl (C=O) groups excluding carboxylic acids is 3. The van der Waals surface area contributed by atoms with E-state index < -0.39 is 41.7 Å². The molecule has 2 amide bonds. The molecule has 0 bridgehead atoms. The van der Waals surface area contributed by atoms with Crippen molar-refractivity contribution in [2.24, 2.45) is 5.92 Å². The average Bonchev–Trinajstić information content (AvgIpc) is 3.27. The van der Waals surface area contributed by atoms with Crippen LogP contribution in [0.5, 0.6) is 0 Å². The van der Waals surface area contributed by atoms with Gasteiger partial charge in [0, 0.05) is 13.0 Å². The largest absolute Gasteiger partial charge is 0.467 e. The Bertz CT molecular complexity index is 833. The molecule has 1 aliphatic rings. The summed E-state index contributed by atoms with van der Waals surface area (Å²) in [6.07, 6.45) is 1.45. The molecule has 2 aromatic rings. The molecule has 1 atom stereocenters. The number of hydrogen-bond donors (Lipinski definition) is 1. The number of nitrogens with zero attached hydrogens (tertiary/aromatic N) is 1. The molecule has 1 N–H and O–H groups in total. The lowest BCUT2D eigenvalue weighted by Gasteiger charge is -2.14. The number of halogens is 2. The van der Waals surface area contributed by atoms with E-state index in [4.69, 9.17) is 9.15 Å². The molecule has 1 saturated heterocycles. The van der Waals surface area contributed by atoms with Crippen molar-refractivity contribution in [1.82, 2.24) is 4.90 Å². The fourth-order valence-electron chi connectivity index (χ4n) is 2.72. The number of anilines is 1. The van der Waals surface area contributed by atoms with Gasteiger partial charge in [-0.05, 0) is 24.3 Å². The van der Waals surface area contributed by atoms with Gasteiger partial charge in [0.15, 0.2) is 6.61 Å². The van der Waals surface area contributed by atoms with Crippen molar-refractivity contribution < 1.29 is 32.3 Å². The molecule has 2 heterocycles. The number of rotatable bonds is 6. The molecule has 3 rings (SSSR count). The minimum absolute atomic E-state index is 0.0386. The first-order valence-electron chi connectivity index (χ1n) is 8.14. The molecule has 1 aromatic heterocycles. The maximum Gasteiger partial charge on any atom is 0.311 e. The van der Waals surface area contributed by atoms with E-state index >= 15 is 0 Å². The molecule has 9 heteroatoms. The highest BCUT2D eigenvalue weighted by Crippen LogP contribution is 2.22. The lowest BCUT2D eigenvalue weighted by Crippen LogP contribution is -2.28. The first kappa shape index (κ1) is 18.6. The molecule has 0 radical (unpaired) electrons. The van der Waals surface area contributed by atoms with Gasteiger partial charge < -0.3 is 19.4 Å². The van der Waals surface area contributed by atoms with Crippen molar-refractivity contribution in [2.45, 2.75) is 13.0 Å². The number of esters is 1. The van der Waals surface area contributed by atoms with Crippen LogP contribution in [0.25, 0.3) is 0 Å². The van der Waals surface area contributed by atoms with Crippen LogP contribution >= 0.6 is 0 Å². The SMILES string of the molecule is O=C(COC(=O)[C@@H]1CC(=O)N(Cc2ccco2)C1)Nc1c(F)cccc1F. The normalized spacial score (nSPS) is 16.4. The van der Waals surface area contributed by atoms with Crippen LogP contribution in [0.4, 0.5) is 14.5 Å².